The van der Waals surface area contributed by atoms with Crippen LogP contribution in [0.2, 0.25) is 10.0 Å². The molecule has 3 aromatic carbocycles. The molecule has 0 atom stereocenters. The molecule has 0 N–H and O–H groups in total. The number of carbonyl (C=O) groups excluding carboxylic acids is 1. The second-order valence-electron chi connectivity index (χ2n) is 8.96. The zero-order chi connectivity index (χ0) is 28.9. The highest BCUT2D eigenvalue weighted by Crippen LogP contribution is 2.36. The second-order valence-corrected chi connectivity index (χ2v) is 10.8. The number of ether oxygens (including phenoxy) is 1. The molecule has 0 bridgehead atoms. The number of hydrogen-bond acceptors (Lipinski definition) is 7. The molecule has 1 fully saturated rings. The van der Waals surface area contributed by atoms with Gasteiger partial charge in [-0.3, -0.25) is 9.69 Å². The molecule has 0 unspecified atom stereocenters. The molecule has 208 valence electrons. The Kier molecular flexibility index (Phi) is 8.72. The third kappa shape index (κ3) is 6.79. The summed E-state index contributed by atoms with van der Waals surface area (Å²) in [5.41, 5.74) is 2.29. The number of nitrogens with zero attached hydrogens (tertiary/aromatic N) is 5. The van der Waals surface area contributed by atoms with Gasteiger partial charge in [0.1, 0.15) is 25.1 Å². The lowest BCUT2D eigenvalue weighted by atomic mass is 10.2. The van der Waals surface area contributed by atoms with E-state index in [1.165, 1.54) is 22.5 Å². The fourth-order valence-corrected chi connectivity index (χ4v) is 5.57. The van der Waals surface area contributed by atoms with Crippen molar-refractivity contribution in [2.45, 2.75) is 20.0 Å². The topological polar surface area (TPSA) is 103 Å². The maximum atomic E-state index is 13.5. The molecule has 5 rings (SSSR count). The third-order valence-electron chi connectivity index (χ3n) is 6.20. The van der Waals surface area contributed by atoms with Gasteiger partial charge in [-0.2, -0.15) is 0 Å². The molecule has 1 saturated heterocycles. The standard InChI is InChI=1S/C29H23Cl2N5O4S/c1-19-32-17-27(36(38)39)34(19)13-14-40-24-11-7-20(8-12-24)15-26-28(37)35(18-21-9-10-22(30)16-25(21)31)29(41-26)33-23-5-3-2-4-6-23/h2-12,15-17H,13-14,18H2,1H3/b26-15-,33-29?. The van der Waals surface area contributed by atoms with E-state index in [0.29, 0.717) is 31.7 Å². The number of aromatic nitrogens is 2. The van der Waals surface area contributed by atoms with Crippen molar-refractivity contribution in [3.63, 3.8) is 0 Å². The summed E-state index contributed by atoms with van der Waals surface area (Å²) >= 11 is 13.8. The molecule has 1 aliphatic heterocycles. The number of halogens is 2. The van der Waals surface area contributed by atoms with Crippen molar-refractivity contribution in [3.8, 4) is 5.75 Å². The van der Waals surface area contributed by atoms with Crippen molar-refractivity contribution in [2.75, 3.05) is 6.61 Å². The highest BCUT2D eigenvalue weighted by Gasteiger charge is 2.34. The van der Waals surface area contributed by atoms with Crippen LogP contribution in [-0.4, -0.2) is 37.1 Å². The smallest absolute Gasteiger partial charge is 0.342 e. The Hall–Kier alpha value is -4.12. The molecular formula is C29H23Cl2N5O4S. The van der Waals surface area contributed by atoms with Crippen LogP contribution in [-0.2, 0) is 17.9 Å². The summed E-state index contributed by atoms with van der Waals surface area (Å²) in [6.07, 6.45) is 3.04. The number of aryl methyl sites for hydroxylation is 1. The number of amides is 1. The SMILES string of the molecule is Cc1ncc([N+](=O)[O-])n1CCOc1ccc(/C=C2\SC(=Nc3ccccc3)N(Cc3ccc(Cl)cc3Cl)C2=O)cc1. The predicted molar refractivity (Wildman–Crippen MR) is 162 cm³/mol. The van der Waals surface area contributed by atoms with Crippen LogP contribution >= 0.6 is 35.0 Å². The average Bonchev–Trinajstić information content (AvgIpc) is 3.46. The van der Waals surface area contributed by atoms with Gasteiger partial charge in [-0.25, -0.2) is 14.5 Å². The molecule has 0 saturated carbocycles. The Balaban J connectivity index is 1.32. The molecular weight excluding hydrogens is 585 g/mol. The molecule has 0 spiro atoms. The van der Waals surface area contributed by atoms with Crippen molar-refractivity contribution >= 4 is 63.6 Å². The van der Waals surface area contributed by atoms with Crippen LogP contribution in [0.15, 0.2) is 88.9 Å². The summed E-state index contributed by atoms with van der Waals surface area (Å²) in [6, 6.07) is 21.9. The average molecular weight is 609 g/mol. The van der Waals surface area contributed by atoms with Gasteiger partial charge in [0.15, 0.2) is 11.0 Å². The minimum Gasteiger partial charge on any atom is -0.489 e. The van der Waals surface area contributed by atoms with E-state index in [2.05, 4.69) is 4.98 Å². The lowest BCUT2D eigenvalue weighted by Gasteiger charge is -2.16. The monoisotopic (exact) mass is 607 g/mol. The quantitative estimate of drug-likeness (QED) is 0.112. The van der Waals surface area contributed by atoms with Crippen molar-refractivity contribution in [3.05, 3.63) is 121 Å². The van der Waals surface area contributed by atoms with Gasteiger partial charge in [0.25, 0.3) is 5.91 Å². The summed E-state index contributed by atoms with van der Waals surface area (Å²) in [5.74, 6) is 0.884. The van der Waals surface area contributed by atoms with Gasteiger partial charge in [-0.05, 0) is 70.3 Å². The number of benzene rings is 3. The first-order valence-corrected chi connectivity index (χ1v) is 14.0. The summed E-state index contributed by atoms with van der Waals surface area (Å²) < 4.78 is 7.29. The Morgan fingerprint density at radius 3 is 2.56 bits per heavy atom. The summed E-state index contributed by atoms with van der Waals surface area (Å²) in [7, 11) is 0. The number of rotatable bonds is 9. The molecule has 4 aromatic rings. The highest BCUT2D eigenvalue weighted by molar-refractivity contribution is 8.18. The van der Waals surface area contributed by atoms with Crippen molar-refractivity contribution < 1.29 is 14.5 Å². The van der Waals surface area contributed by atoms with E-state index in [1.54, 1.807) is 48.2 Å². The number of nitro groups is 1. The first-order valence-electron chi connectivity index (χ1n) is 12.5. The number of thioether (sulfide) groups is 1. The van der Waals surface area contributed by atoms with Gasteiger partial charge in [-0.15, -0.1) is 0 Å². The van der Waals surface area contributed by atoms with E-state index in [-0.39, 0.29) is 31.4 Å². The second kappa shape index (κ2) is 12.6. The fourth-order valence-electron chi connectivity index (χ4n) is 4.11. The molecule has 0 radical (unpaired) electrons. The fraction of sp³-hybridized carbons (Fsp3) is 0.138. The number of carbonyl (C=O) groups is 1. The van der Waals surface area contributed by atoms with Crippen molar-refractivity contribution in [2.24, 2.45) is 4.99 Å². The van der Waals surface area contributed by atoms with Crippen LogP contribution in [0.5, 0.6) is 5.75 Å². The molecule has 1 aliphatic rings. The maximum absolute atomic E-state index is 13.5. The summed E-state index contributed by atoms with van der Waals surface area (Å²) in [6.45, 7) is 2.47. The highest BCUT2D eigenvalue weighted by atomic mass is 35.5. The van der Waals surface area contributed by atoms with E-state index in [0.717, 1.165) is 16.8 Å². The molecule has 9 nitrogen and oxygen atoms in total. The first-order chi connectivity index (χ1) is 19.8. The van der Waals surface area contributed by atoms with E-state index in [9.17, 15) is 14.9 Å². The molecule has 1 aromatic heterocycles. The van der Waals surface area contributed by atoms with Gasteiger partial charge in [0, 0.05) is 17.0 Å². The summed E-state index contributed by atoms with van der Waals surface area (Å²) in [4.78, 5) is 35.1. The first kappa shape index (κ1) is 28.4. The van der Waals surface area contributed by atoms with E-state index < -0.39 is 4.92 Å². The Bertz CT molecular complexity index is 1660. The normalized spacial score (nSPS) is 15.2. The van der Waals surface area contributed by atoms with Gasteiger partial charge < -0.3 is 14.9 Å². The number of para-hydroxylation sites is 1. The van der Waals surface area contributed by atoms with E-state index in [1.807, 2.05) is 42.5 Å². The number of imidazole rings is 1. The van der Waals surface area contributed by atoms with Crippen LogP contribution < -0.4 is 4.74 Å². The van der Waals surface area contributed by atoms with Gasteiger partial charge in [-0.1, -0.05) is 59.6 Å². The minimum atomic E-state index is -0.466. The number of hydrogen-bond donors (Lipinski definition) is 0. The molecule has 41 heavy (non-hydrogen) atoms. The zero-order valence-electron chi connectivity index (χ0n) is 21.7. The van der Waals surface area contributed by atoms with E-state index in [4.69, 9.17) is 32.9 Å². The zero-order valence-corrected chi connectivity index (χ0v) is 24.1. The van der Waals surface area contributed by atoms with Crippen molar-refractivity contribution in [1.29, 1.82) is 0 Å². The number of aliphatic imine (C=N–C) groups is 1. The summed E-state index contributed by atoms with van der Waals surface area (Å²) in [5, 5.41) is 12.7. The van der Waals surface area contributed by atoms with Gasteiger partial charge in [0.2, 0.25) is 0 Å². The molecule has 12 heteroatoms. The lowest BCUT2D eigenvalue weighted by Crippen LogP contribution is -2.28. The molecule has 0 aliphatic carbocycles. The Morgan fingerprint density at radius 1 is 1.10 bits per heavy atom. The van der Waals surface area contributed by atoms with Gasteiger partial charge >= 0.3 is 5.82 Å². The third-order valence-corrected chi connectivity index (χ3v) is 7.79. The Labute approximate surface area is 250 Å². The van der Waals surface area contributed by atoms with Crippen molar-refractivity contribution in [1.82, 2.24) is 14.5 Å². The van der Waals surface area contributed by atoms with Crippen LogP contribution in [0.25, 0.3) is 6.08 Å². The van der Waals surface area contributed by atoms with Crippen LogP contribution in [0.1, 0.15) is 17.0 Å². The maximum Gasteiger partial charge on any atom is 0.342 e. The van der Waals surface area contributed by atoms with E-state index >= 15 is 0 Å². The lowest BCUT2D eigenvalue weighted by molar-refractivity contribution is -0.392. The van der Waals surface area contributed by atoms with Gasteiger partial charge in [0.05, 0.1) is 17.1 Å². The molecule has 2 heterocycles. The molecule has 1 amide bonds. The van der Waals surface area contributed by atoms with Crippen LogP contribution in [0, 0.1) is 17.0 Å². The van der Waals surface area contributed by atoms with Crippen LogP contribution in [0.4, 0.5) is 11.5 Å². The number of amidine groups is 1. The largest absolute Gasteiger partial charge is 0.489 e. The Morgan fingerprint density at radius 2 is 1.85 bits per heavy atom. The predicted octanol–water partition coefficient (Wildman–Crippen LogP) is 7.29. The minimum absolute atomic E-state index is 0.0747. The van der Waals surface area contributed by atoms with Crippen LogP contribution in [0.3, 0.4) is 0 Å².